The van der Waals surface area contributed by atoms with Gasteiger partial charge in [-0.3, -0.25) is 5.43 Å². The number of hydrogen-bond donors (Lipinski definition) is 2. The van der Waals surface area contributed by atoms with Crippen molar-refractivity contribution >= 4 is 6.01 Å². The van der Waals surface area contributed by atoms with Crippen molar-refractivity contribution in [1.82, 2.24) is 10.1 Å². The summed E-state index contributed by atoms with van der Waals surface area (Å²) in [4.78, 5) is 3.93. The zero-order chi connectivity index (χ0) is 9.10. The van der Waals surface area contributed by atoms with Gasteiger partial charge in [-0.05, 0) is 0 Å². The lowest BCUT2D eigenvalue weighted by atomic mass is 10.3. The Hall–Kier alpha value is -1.18. The average molecular weight is 186 g/mol. The molecule has 1 saturated heterocycles. The van der Waals surface area contributed by atoms with Gasteiger partial charge in [0.1, 0.15) is 6.10 Å². The monoisotopic (exact) mass is 186 g/mol. The van der Waals surface area contributed by atoms with Gasteiger partial charge >= 0.3 is 6.01 Å². The molecule has 1 aromatic heterocycles. The van der Waals surface area contributed by atoms with Crippen LogP contribution in [0, 0.1) is 0 Å². The summed E-state index contributed by atoms with van der Waals surface area (Å²) >= 11 is 0. The number of nitrogens with two attached hydrogens (primary N) is 1. The number of nitrogens with zero attached hydrogens (tertiary/aromatic N) is 2. The van der Waals surface area contributed by atoms with Crippen LogP contribution >= 0.6 is 0 Å². The molecule has 0 saturated carbocycles. The van der Waals surface area contributed by atoms with E-state index in [0.717, 1.165) is 0 Å². The molecule has 7 heteroatoms. The van der Waals surface area contributed by atoms with Gasteiger partial charge < -0.3 is 14.0 Å². The summed E-state index contributed by atoms with van der Waals surface area (Å²) in [6, 6.07) is 0.171. The Labute approximate surface area is 74.2 Å². The lowest BCUT2D eigenvalue weighted by Crippen LogP contribution is -2.22. The van der Waals surface area contributed by atoms with E-state index in [2.05, 4.69) is 15.6 Å². The van der Waals surface area contributed by atoms with E-state index in [1.54, 1.807) is 0 Å². The third kappa shape index (κ3) is 1.77. The molecule has 2 heterocycles. The van der Waals surface area contributed by atoms with Crippen LogP contribution in [0.15, 0.2) is 4.52 Å². The molecule has 1 unspecified atom stereocenters. The Morgan fingerprint density at radius 2 is 2.38 bits per heavy atom. The summed E-state index contributed by atoms with van der Waals surface area (Å²) in [5.41, 5.74) is 2.25. The number of rotatable bonds is 2. The second kappa shape index (κ2) is 3.69. The van der Waals surface area contributed by atoms with Crippen LogP contribution in [0.25, 0.3) is 0 Å². The zero-order valence-electron chi connectivity index (χ0n) is 6.90. The van der Waals surface area contributed by atoms with Gasteiger partial charge in [0, 0.05) is 0 Å². The van der Waals surface area contributed by atoms with Crippen LogP contribution in [0.5, 0.6) is 0 Å². The molecule has 0 bridgehead atoms. The lowest BCUT2D eigenvalue weighted by Gasteiger charge is -2.19. The Morgan fingerprint density at radius 1 is 1.46 bits per heavy atom. The maximum Gasteiger partial charge on any atom is 0.335 e. The van der Waals surface area contributed by atoms with Crippen molar-refractivity contribution in [3.8, 4) is 0 Å². The molecule has 1 aliphatic rings. The van der Waals surface area contributed by atoms with Crippen molar-refractivity contribution in [2.24, 2.45) is 5.84 Å². The van der Waals surface area contributed by atoms with Crippen molar-refractivity contribution in [3.63, 3.8) is 0 Å². The number of nitrogens with one attached hydrogen (secondary N) is 1. The van der Waals surface area contributed by atoms with Crippen molar-refractivity contribution in [2.45, 2.75) is 6.10 Å². The van der Waals surface area contributed by atoms with Crippen molar-refractivity contribution in [2.75, 3.05) is 25.2 Å². The number of anilines is 1. The van der Waals surface area contributed by atoms with E-state index in [-0.39, 0.29) is 12.1 Å². The summed E-state index contributed by atoms with van der Waals surface area (Å²) in [5, 5.41) is 3.68. The minimum atomic E-state index is -0.250. The Bertz CT molecular complexity index is 271. The molecular weight excluding hydrogens is 176 g/mol. The molecular formula is C6H10N4O3. The summed E-state index contributed by atoms with van der Waals surface area (Å²) < 4.78 is 15.3. The predicted octanol–water partition coefficient (Wildman–Crippen LogP) is -0.557. The number of hydrazine groups is 1. The number of hydrogen-bond acceptors (Lipinski definition) is 7. The van der Waals surface area contributed by atoms with Crippen LogP contribution in [0.2, 0.25) is 0 Å². The van der Waals surface area contributed by atoms with Gasteiger partial charge in [0.15, 0.2) is 0 Å². The molecule has 1 aliphatic heterocycles. The fourth-order valence-corrected chi connectivity index (χ4v) is 1.06. The van der Waals surface area contributed by atoms with Crippen LogP contribution in [-0.4, -0.2) is 30.0 Å². The van der Waals surface area contributed by atoms with Gasteiger partial charge in [-0.1, -0.05) is 5.16 Å². The molecule has 0 aromatic carbocycles. The van der Waals surface area contributed by atoms with Crippen molar-refractivity contribution in [1.29, 1.82) is 0 Å². The highest BCUT2D eigenvalue weighted by molar-refractivity contribution is 5.15. The van der Waals surface area contributed by atoms with E-state index in [1.807, 2.05) is 0 Å². The van der Waals surface area contributed by atoms with Crippen LogP contribution in [-0.2, 0) is 9.47 Å². The summed E-state index contributed by atoms with van der Waals surface area (Å²) in [6.45, 7) is 1.60. The Balaban J connectivity index is 2.05. The number of ether oxygens (including phenoxy) is 2. The summed E-state index contributed by atoms with van der Waals surface area (Å²) in [5.74, 6) is 5.53. The quantitative estimate of drug-likeness (QED) is 0.472. The molecule has 0 amide bonds. The molecule has 2 rings (SSSR count). The first kappa shape index (κ1) is 8.42. The van der Waals surface area contributed by atoms with E-state index in [1.165, 1.54) is 0 Å². The minimum Gasteiger partial charge on any atom is -0.376 e. The maximum absolute atomic E-state index is 5.34. The smallest absolute Gasteiger partial charge is 0.335 e. The van der Waals surface area contributed by atoms with Gasteiger partial charge in [-0.25, -0.2) is 5.84 Å². The first-order valence-corrected chi connectivity index (χ1v) is 3.89. The molecule has 1 fully saturated rings. The van der Waals surface area contributed by atoms with Gasteiger partial charge in [0.2, 0.25) is 5.82 Å². The molecule has 0 aliphatic carbocycles. The summed E-state index contributed by atoms with van der Waals surface area (Å²) in [6.07, 6.45) is -0.250. The fraction of sp³-hybridized carbons (Fsp3) is 0.667. The van der Waals surface area contributed by atoms with E-state index < -0.39 is 0 Å². The van der Waals surface area contributed by atoms with Crippen molar-refractivity contribution in [3.05, 3.63) is 5.82 Å². The number of nitrogen functional groups attached to an aromatic ring is 1. The topological polar surface area (TPSA) is 95.4 Å². The summed E-state index contributed by atoms with van der Waals surface area (Å²) in [7, 11) is 0. The largest absolute Gasteiger partial charge is 0.376 e. The molecule has 72 valence electrons. The van der Waals surface area contributed by atoms with Crippen LogP contribution in [0.1, 0.15) is 11.9 Å². The standard InChI is InChI=1S/C6H10N4O3/c7-9-6-8-5(10-13-6)4-3-11-1-2-12-4/h4H,1-3,7H2,(H,8,9,10). The van der Waals surface area contributed by atoms with Crippen LogP contribution in [0.3, 0.4) is 0 Å². The molecule has 13 heavy (non-hydrogen) atoms. The van der Waals surface area contributed by atoms with Gasteiger partial charge in [-0.15, -0.1) is 0 Å². The van der Waals surface area contributed by atoms with E-state index >= 15 is 0 Å². The Kier molecular flexibility index (Phi) is 2.39. The second-order valence-electron chi connectivity index (χ2n) is 2.54. The molecule has 1 aromatic rings. The lowest BCUT2D eigenvalue weighted by molar-refractivity contribution is -0.0941. The molecule has 0 spiro atoms. The highest BCUT2D eigenvalue weighted by Crippen LogP contribution is 2.18. The minimum absolute atomic E-state index is 0.171. The first-order valence-electron chi connectivity index (χ1n) is 3.89. The van der Waals surface area contributed by atoms with E-state index in [4.69, 9.17) is 19.8 Å². The Morgan fingerprint density at radius 3 is 3.00 bits per heavy atom. The third-order valence-corrected chi connectivity index (χ3v) is 1.67. The predicted molar refractivity (Wildman–Crippen MR) is 41.6 cm³/mol. The maximum atomic E-state index is 5.34. The first-order chi connectivity index (χ1) is 6.40. The van der Waals surface area contributed by atoms with Crippen molar-refractivity contribution < 1.29 is 14.0 Å². The highest BCUT2D eigenvalue weighted by Gasteiger charge is 2.21. The third-order valence-electron chi connectivity index (χ3n) is 1.67. The fourth-order valence-electron chi connectivity index (χ4n) is 1.06. The number of aromatic nitrogens is 2. The van der Waals surface area contributed by atoms with Crippen LogP contribution in [0.4, 0.5) is 6.01 Å². The van der Waals surface area contributed by atoms with Crippen LogP contribution < -0.4 is 11.3 Å². The molecule has 1 atom stereocenters. The van der Waals surface area contributed by atoms with Gasteiger partial charge in [0.05, 0.1) is 19.8 Å². The van der Waals surface area contributed by atoms with Gasteiger partial charge in [-0.2, -0.15) is 4.98 Å². The second-order valence-corrected chi connectivity index (χ2v) is 2.54. The molecule has 7 nitrogen and oxygen atoms in total. The average Bonchev–Trinajstić information content (AvgIpc) is 2.67. The molecule has 3 N–H and O–H groups in total. The SMILES string of the molecule is NNc1nc(C2COCCO2)no1. The van der Waals surface area contributed by atoms with Gasteiger partial charge in [0.25, 0.3) is 0 Å². The van der Waals surface area contributed by atoms with E-state index in [0.29, 0.717) is 25.6 Å². The van der Waals surface area contributed by atoms with E-state index in [9.17, 15) is 0 Å². The normalized spacial score (nSPS) is 23.0. The zero-order valence-corrected chi connectivity index (χ0v) is 6.90. The molecule has 0 radical (unpaired) electrons. The highest BCUT2D eigenvalue weighted by atomic mass is 16.6.